The van der Waals surface area contributed by atoms with Crippen LogP contribution in [-0.2, 0) is 0 Å². The molecule has 1 heterocycles. The van der Waals surface area contributed by atoms with Crippen LogP contribution in [0.5, 0.6) is 0 Å². The summed E-state index contributed by atoms with van der Waals surface area (Å²) in [6.07, 6.45) is 0. The van der Waals surface area contributed by atoms with Crippen molar-refractivity contribution in [1.29, 1.82) is 0 Å². The Labute approximate surface area is 93.8 Å². The zero-order chi connectivity index (χ0) is 11.0. The summed E-state index contributed by atoms with van der Waals surface area (Å²) in [6.45, 7) is 1.55. The lowest BCUT2D eigenvalue weighted by molar-refractivity contribution is 0.583. The van der Waals surface area contributed by atoms with Gasteiger partial charge in [0.25, 0.3) is 0 Å². The van der Waals surface area contributed by atoms with Crippen molar-refractivity contribution in [3.05, 3.63) is 34.5 Å². The molecule has 0 aliphatic rings. The molecule has 2 rings (SSSR count). The molecule has 0 N–H and O–H groups in total. The Morgan fingerprint density at radius 2 is 2.00 bits per heavy atom. The minimum Gasteiger partial charge on any atom is -0.206 e. The van der Waals surface area contributed by atoms with Gasteiger partial charge in [-0.1, -0.05) is 17.7 Å². The Morgan fingerprint density at radius 3 is 2.60 bits per heavy atom. The Balaban J connectivity index is 2.72. The fourth-order valence-electron chi connectivity index (χ4n) is 1.20. The van der Waals surface area contributed by atoms with Crippen LogP contribution in [0.3, 0.4) is 0 Å². The van der Waals surface area contributed by atoms with Gasteiger partial charge in [-0.15, -0.1) is 0 Å². The number of halogens is 3. The average molecular weight is 247 g/mol. The van der Waals surface area contributed by atoms with Gasteiger partial charge in [-0.25, -0.2) is 8.78 Å². The Hall–Kier alpha value is -1.07. The third-order valence-electron chi connectivity index (χ3n) is 1.97. The Bertz CT molecular complexity index is 513. The molecule has 1 aromatic carbocycles. The van der Waals surface area contributed by atoms with Crippen molar-refractivity contribution in [2.24, 2.45) is 0 Å². The van der Waals surface area contributed by atoms with Crippen LogP contribution in [0.4, 0.5) is 8.78 Å². The number of hydrogen-bond acceptors (Lipinski definition) is 3. The first-order valence-electron chi connectivity index (χ1n) is 4.04. The number of benzene rings is 1. The van der Waals surface area contributed by atoms with Gasteiger partial charge in [-0.3, -0.25) is 0 Å². The summed E-state index contributed by atoms with van der Waals surface area (Å²) < 4.78 is 34.5. The van der Waals surface area contributed by atoms with Crippen molar-refractivity contribution in [3.63, 3.8) is 0 Å². The average Bonchev–Trinajstić information content (AvgIpc) is 2.60. The quantitative estimate of drug-likeness (QED) is 0.770. The first-order chi connectivity index (χ1) is 7.11. The smallest absolute Gasteiger partial charge is 0.171 e. The summed E-state index contributed by atoms with van der Waals surface area (Å²) in [5, 5.41) is 0.0170. The van der Waals surface area contributed by atoms with Crippen molar-refractivity contribution in [2.45, 2.75) is 6.92 Å². The van der Waals surface area contributed by atoms with E-state index >= 15 is 0 Å². The summed E-state index contributed by atoms with van der Waals surface area (Å²) in [7, 11) is 0. The molecule has 2 aromatic rings. The topological polar surface area (TPSA) is 25.8 Å². The van der Waals surface area contributed by atoms with Gasteiger partial charge in [-0.05, 0) is 18.6 Å². The monoisotopic (exact) mass is 246 g/mol. The summed E-state index contributed by atoms with van der Waals surface area (Å²) >= 11 is 6.49. The maximum atomic E-state index is 13.6. The number of aromatic nitrogens is 2. The highest BCUT2D eigenvalue weighted by Gasteiger charge is 2.19. The predicted octanol–water partition coefficient (Wildman–Crippen LogP) is 3.45. The summed E-state index contributed by atoms with van der Waals surface area (Å²) in [5.41, 5.74) is 0.185. The third-order valence-corrected chi connectivity index (χ3v) is 2.86. The molecule has 0 saturated heterocycles. The van der Waals surface area contributed by atoms with Gasteiger partial charge < -0.3 is 0 Å². The minimum absolute atomic E-state index is 0.0170. The van der Waals surface area contributed by atoms with E-state index < -0.39 is 11.6 Å². The van der Waals surface area contributed by atoms with Crippen LogP contribution in [0.25, 0.3) is 11.3 Å². The van der Waals surface area contributed by atoms with Gasteiger partial charge in [0.05, 0.1) is 17.3 Å². The minimum atomic E-state index is -0.687. The molecule has 0 aliphatic heterocycles. The fourth-order valence-corrected chi connectivity index (χ4v) is 1.94. The van der Waals surface area contributed by atoms with Crippen molar-refractivity contribution < 1.29 is 8.78 Å². The largest absolute Gasteiger partial charge is 0.206 e. The van der Waals surface area contributed by atoms with Crippen molar-refractivity contribution in [1.82, 2.24) is 8.75 Å². The van der Waals surface area contributed by atoms with E-state index in [1.54, 1.807) is 6.92 Å². The van der Waals surface area contributed by atoms with Crippen LogP contribution in [0.1, 0.15) is 5.56 Å². The highest BCUT2D eigenvalue weighted by molar-refractivity contribution is 6.99. The van der Waals surface area contributed by atoms with E-state index in [0.29, 0.717) is 5.56 Å². The molecule has 0 saturated carbocycles. The molecule has 2 nitrogen and oxygen atoms in total. The molecule has 6 heteroatoms. The number of nitrogens with zero attached hydrogens (tertiary/aromatic N) is 2. The molecule has 0 radical (unpaired) electrons. The molecule has 1 aromatic heterocycles. The zero-order valence-electron chi connectivity index (χ0n) is 7.59. The molecule has 0 aliphatic carbocycles. The van der Waals surface area contributed by atoms with Crippen LogP contribution in [0, 0.1) is 18.6 Å². The van der Waals surface area contributed by atoms with Crippen molar-refractivity contribution in [3.8, 4) is 11.3 Å². The van der Waals surface area contributed by atoms with Gasteiger partial charge in [0, 0.05) is 0 Å². The van der Waals surface area contributed by atoms with E-state index in [2.05, 4.69) is 8.75 Å². The molecule has 15 heavy (non-hydrogen) atoms. The number of hydrogen-bond donors (Lipinski definition) is 0. The summed E-state index contributed by atoms with van der Waals surface area (Å²) in [6, 6.07) is 2.55. The number of rotatable bonds is 1. The van der Waals surface area contributed by atoms with E-state index in [9.17, 15) is 8.78 Å². The van der Waals surface area contributed by atoms with Crippen LogP contribution in [0.15, 0.2) is 12.1 Å². The molecular formula is C9H5ClF2N2S. The van der Waals surface area contributed by atoms with Gasteiger partial charge >= 0.3 is 0 Å². The van der Waals surface area contributed by atoms with Gasteiger partial charge in [0.15, 0.2) is 5.15 Å². The normalized spacial score (nSPS) is 10.7. The van der Waals surface area contributed by atoms with Crippen LogP contribution in [0.2, 0.25) is 5.15 Å². The standard InChI is InChI=1S/C9H5ClF2N2S/c1-4-2-3-5(11)6(7(4)12)8-9(10)14-15-13-8/h2-3H,1H3. The second-order valence-electron chi connectivity index (χ2n) is 2.96. The maximum Gasteiger partial charge on any atom is 0.171 e. The molecule has 0 atom stereocenters. The number of aryl methyl sites for hydroxylation is 1. The van der Waals surface area contributed by atoms with Crippen molar-refractivity contribution >= 4 is 23.3 Å². The SMILES string of the molecule is Cc1ccc(F)c(-c2nsnc2Cl)c1F. The highest BCUT2D eigenvalue weighted by atomic mass is 35.5. The highest BCUT2D eigenvalue weighted by Crippen LogP contribution is 2.31. The Morgan fingerprint density at radius 1 is 1.27 bits per heavy atom. The zero-order valence-corrected chi connectivity index (χ0v) is 9.16. The predicted molar refractivity (Wildman–Crippen MR) is 55.0 cm³/mol. The summed E-state index contributed by atoms with van der Waals surface area (Å²) in [4.78, 5) is 0. The summed E-state index contributed by atoms with van der Waals surface area (Å²) in [5.74, 6) is -1.34. The van der Waals surface area contributed by atoms with Crippen LogP contribution < -0.4 is 0 Å². The van der Waals surface area contributed by atoms with E-state index in [1.807, 2.05) is 0 Å². The van der Waals surface area contributed by atoms with Gasteiger partial charge in [0.2, 0.25) is 0 Å². The first-order valence-corrected chi connectivity index (χ1v) is 5.15. The van der Waals surface area contributed by atoms with E-state index in [0.717, 1.165) is 11.7 Å². The lowest BCUT2D eigenvalue weighted by Gasteiger charge is -2.04. The van der Waals surface area contributed by atoms with Gasteiger partial charge in [0.1, 0.15) is 17.3 Å². The van der Waals surface area contributed by atoms with Crippen molar-refractivity contribution in [2.75, 3.05) is 0 Å². The van der Waals surface area contributed by atoms with Crippen LogP contribution >= 0.6 is 23.3 Å². The second kappa shape index (κ2) is 3.83. The second-order valence-corrected chi connectivity index (χ2v) is 3.84. The first kappa shape index (κ1) is 10.4. The van der Waals surface area contributed by atoms with E-state index in [4.69, 9.17) is 11.6 Å². The van der Waals surface area contributed by atoms with Gasteiger partial charge in [-0.2, -0.15) is 8.75 Å². The lowest BCUT2D eigenvalue weighted by Crippen LogP contribution is -1.93. The fraction of sp³-hybridized carbons (Fsp3) is 0.111. The molecule has 0 fully saturated rings. The molecule has 78 valence electrons. The molecule has 0 bridgehead atoms. The van der Waals surface area contributed by atoms with E-state index in [1.165, 1.54) is 12.1 Å². The molecule has 0 unspecified atom stereocenters. The van der Waals surface area contributed by atoms with Crippen LogP contribution in [-0.4, -0.2) is 8.75 Å². The molecular weight excluding hydrogens is 242 g/mol. The third kappa shape index (κ3) is 1.72. The Kier molecular flexibility index (Phi) is 2.67. The maximum absolute atomic E-state index is 13.6. The van der Waals surface area contributed by atoms with E-state index in [-0.39, 0.29) is 16.4 Å². The molecule has 0 amide bonds. The molecule has 0 spiro atoms. The lowest BCUT2D eigenvalue weighted by atomic mass is 10.1.